The van der Waals surface area contributed by atoms with Crippen molar-refractivity contribution in [3.05, 3.63) is 122 Å². The molecule has 3 N–H and O–H groups in total. The van der Waals surface area contributed by atoms with Gasteiger partial charge in [-0.2, -0.15) is 13.2 Å². The number of ether oxygens (including phenoxy) is 2. The normalized spacial score (nSPS) is 11.4. The molecule has 0 saturated heterocycles. The minimum absolute atomic E-state index is 0.0960. The molecule has 0 aliphatic heterocycles. The maximum atomic E-state index is 13.1. The van der Waals surface area contributed by atoms with E-state index in [1.54, 1.807) is 32.0 Å². The molecule has 0 fully saturated rings. The first-order valence-corrected chi connectivity index (χ1v) is 16.5. The maximum absolute atomic E-state index is 13.1. The second-order valence-corrected chi connectivity index (χ2v) is 13.4. The number of hydrogen-bond acceptors (Lipinski definition) is 7. The average Bonchev–Trinajstić information content (AvgIpc) is 2.99. The van der Waals surface area contributed by atoms with Crippen LogP contribution in [0.25, 0.3) is 0 Å². The predicted octanol–water partition coefficient (Wildman–Crippen LogP) is 10.3. The van der Waals surface area contributed by atoms with Crippen LogP contribution in [0.2, 0.25) is 15.1 Å². The number of nitrogens with two attached hydrogens (primary N) is 1. The number of aryl methyl sites for hydroxylation is 4. The van der Waals surface area contributed by atoms with Gasteiger partial charge in [0, 0.05) is 12.4 Å². The molecule has 15 heteroatoms. The highest BCUT2D eigenvalue weighted by molar-refractivity contribution is 7.92. The molecule has 0 atom stereocenters. The lowest BCUT2D eigenvalue weighted by Gasteiger charge is -2.16. The Morgan fingerprint density at radius 3 is 1.71 bits per heavy atom. The summed E-state index contributed by atoms with van der Waals surface area (Å²) in [7, 11) is -4.45. The number of rotatable bonds is 7. The zero-order valence-corrected chi connectivity index (χ0v) is 28.9. The molecule has 5 aromatic rings. The van der Waals surface area contributed by atoms with E-state index in [2.05, 4.69) is 14.7 Å². The number of alkyl halides is 3. The van der Waals surface area contributed by atoms with Crippen LogP contribution < -0.4 is 19.9 Å². The number of nitrogens with zero attached hydrogens (tertiary/aromatic N) is 2. The number of anilines is 2. The average molecular weight is 740 g/mol. The van der Waals surface area contributed by atoms with Gasteiger partial charge in [-0.3, -0.25) is 4.72 Å². The van der Waals surface area contributed by atoms with Crippen molar-refractivity contribution in [3.8, 4) is 23.3 Å². The van der Waals surface area contributed by atoms with Crippen molar-refractivity contribution in [1.82, 2.24) is 9.97 Å². The van der Waals surface area contributed by atoms with Crippen LogP contribution in [0.15, 0.2) is 84.0 Å². The van der Waals surface area contributed by atoms with Crippen LogP contribution in [0.1, 0.15) is 27.8 Å². The fourth-order valence-electron chi connectivity index (χ4n) is 4.31. The van der Waals surface area contributed by atoms with Gasteiger partial charge in [-0.25, -0.2) is 18.4 Å². The van der Waals surface area contributed by atoms with Gasteiger partial charge in [-0.05, 0) is 80.3 Å². The third-order valence-corrected chi connectivity index (χ3v) is 8.78. The number of nitrogen functional groups attached to an aromatic ring is 1. The van der Waals surface area contributed by atoms with Crippen LogP contribution in [0.5, 0.6) is 23.3 Å². The van der Waals surface area contributed by atoms with E-state index >= 15 is 0 Å². The Morgan fingerprint density at radius 1 is 0.729 bits per heavy atom. The van der Waals surface area contributed by atoms with E-state index in [9.17, 15) is 21.6 Å². The van der Waals surface area contributed by atoms with Gasteiger partial charge in [-0.15, -0.1) is 0 Å². The van der Waals surface area contributed by atoms with E-state index in [1.165, 1.54) is 18.5 Å². The summed E-state index contributed by atoms with van der Waals surface area (Å²) >= 11 is 17.3. The van der Waals surface area contributed by atoms with Crippen molar-refractivity contribution >= 4 is 56.2 Å². The summed E-state index contributed by atoms with van der Waals surface area (Å²) in [6.45, 7) is 7.56. The Hall–Kier alpha value is -4.23. The molecule has 2 aromatic heterocycles. The van der Waals surface area contributed by atoms with E-state index in [1.807, 2.05) is 38.1 Å². The Morgan fingerprint density at radius 2 is 1.21 bits per heavy atom. The first-order chi connectivity index (χ1) is 22.5. The van der Waals surface area contributed by atoms with Crippen LogP contribution in [-0.2, 0) is 16.2 Å². The van der Waals surface area contributed by atoms with Crippen LogP contribution in [0.3, 0.4) is 0 Å². The number of benzene rings is 3. The predicted molar refractivity (Wildman–Crippen MR) is 182 cm³/mol. The quantitative estimate of drug-likeness (QED) is 0.171. The largest absolute Gasteiger partial charge is 0.437 e. The second kappa shape index (κ2) is 14.9. The molecule has 0 amide bonds. The zero-order chi connectivity index (χ0) is 35.4. The Bertz CT molecular complexity index is 2040. The first kappa shape index (κ1) is 36.6. The highest BCUT2D eigenvalue weighted by Crippen LogP contribution is 2.38. The second-order valence-electron chi connectivity index (χ2n) is 10.4. The molecule has 0 unspecified atom stereocenters. The summed E-state index contributed by atoms with van der Waals surface area (Å²) in [6.07, 6.45) is -2.05. The molecule has 0 spiro atoms. The lowest BCUT2D eigenvalue weighted by molar-refractivity contribution is -0.137. The van der Waals surface area contributed by atoms with E-state index in [4.69, 9.17) is 50.0 Å². The fourth-order valence-corrected chi connectivity index (χ4v) is 5.94. The van der Waals surface area contributed by atoms with Gasteiger partial charge in [0.05, 0.1) is 31.2 Å². The molecular formula is C33H28Cl3F3N4O4S. The molecule has 0 aliphatic carbocycles. The number of sulfonamides is 1. The van der Waals surface area contributed by atoms with Crippen molar-refractivity contribution in [2.75, 3.05) is 10.5 Å². The molecule has 3 aromatic carbocycles. The van der Waals surface area contributed by atoms with Gasteiger partial charge in [0.25, 0.3) is 10.0 Å². The Kier molecular flexibility index (Phi) is 11.4. The molecule has 0 bridgehead atoms. The third-order valence-electron chi connectivity index (χ3n) is 6.68. The maximum Gasteiger partial charge on any atom is 0.417 e. The molecule has 48 heavy (non-hydrogen) atoms. The topological polar surface area (TPSA) is 116 Å². The molecule has 0 saturated carbocycles. The fraction of sp³-hybridized carbons (Fsp3) is 0.152. The number of pyridine rings is 2. The molecule has 0 aliphatic rings. The standard InChI is InChI=1S/C20H15Cl2F3N2O3S.C13H13ClN2O/c1-11-4-3-5-12(2)18(11)30-19-17(8-13(21)10-26-19)27-31(28,29)14-6-7-16(22)15(9-14)20(23,24)25;1-8-4-3-5-9(2)12(8)17-13-11(15)6-10(14)7-16-13/h3-10,27H,1-2H3;3-7H,15H2,1-2H3. The minimum Gasteiger partial charge on any atom is -0.437 e. The first-order valence-electron chi connectivity index (χ1n) is 13.9. The van der Waals surface area contributed by atoms with Gasteiger partial charge in [0.1, 0.15) is 17.2 Å². The number of halogens is 6. The van der Waals surface area contributed by atoms with E-state index in [0.717, 1.165) is 40.1 Å². The van der Waals surface area contributed by atoms with Gasteiger partial charge < -0.3 is 15.2 Å². The van der Waals surface area contributed by atoms with Crippen LogP contribution in [0, 0.1) is 27.7 Å². The van der Waals surface area contributed by atoms with Crippen molar-refractivity contribution in [3.63, 3.8) is 0 Å². The van der Waals surface area contributed by atoms with Gasteiger partial charge in [0.2, 0.25) is 11.8 Å². The highest BCUT2D eigenvalue weighted by Gasteiger charge is 2.34. The van der Waals surface area contributed by atoms with Gasteiger partial charge in [-0.1, -0.05) is 71.2 Å². The SMILES string of the molecule is Cc1cccc(C)c1Oc1ncc(Cl)cc1N.Cc1cccc(C)c1Oc1ncc(Cl)cc1NS(=O)(=O)c1ccc(Cl)c(C(F)(F)F)c1. The summed E-state index contributed by atoms with van der Waals surface area (Å²) in [5.74, 6) is 1.51. The molecule has 5 rings (SSSR count). The molecule has 252 valence electrons. The van der Waals surface area contributed by atoms with Crippen molar-refractivity contribution in [1.29, 1.82) is 0 Å². The lowest BCUT2D eigenvalue weighted by Crippen LogP contribution is -2.16. The Balaban J connectivity index is 0.000000257. The summed E-state index contributed by atoms with van der Waals surface area (Å²) in [5.41, 5.74) is 8.46. The van der Waals surface area contributed by atoms with Gasteiger partial charge >= 0.3 is 6.18 Å². The van der Waals surface area contributed by atoms with E-state index in [0.29, 0.717) is 28.4 Å². The van der Waals surface area contributed by atoms with E-state index in [-0.39, 0.29) is 16.6 Å². The van der Waals surface area contributed by atoms with Crippen molar-refractivity contribution < 1.29 is 31.1 Å². The summed E-state index contributed by atoms with van der Waals surface area (Å²) in [4.78, 5) is 7.46. The summed E-state index contributed by atoms with van der Waals surface area (Å²) in [5, 5.41) is -0.0232. The molecule has 8 nitrogen and oxygen atoms in total. The van der Waals surface area contributed by atoms with Crippen LogP contribution in [-0.4, -0.2) is 18.4 Å². The smallest absolute Gasteiger partial charge is 0.417 e. The highest BCUT2D eigenvalue weighted by atomic mass is 35.5. The van der Waals surface area contributed by atoms with Gasteiger partial charge in [0.15, 0.2) is 0 Å². The summed E-state index contributed by atoms with van der Waals surface area (Å²) in [6, 6.07) is 16.5. The third kappa shape index (κ3) is 9.01. The van der Waals surface area contributed by atoms with Crippen LogP contribution in [0.4, 0.5) is 24.5 Å². The monoisotopic (exact) mass is 738 g/mol. The number of aromatic nitrogens is 2. The Labute approximate surface area is 290 Å². The molecule has 2 heterocycles. The van der Waals surface area contributed by atoms with Crippen LogP contribution >= 0.6 is 34.8 Å². The summed E-state index contributed by atoms with van der Waals surface area (Å²) < 4.78 is 78.7. The lowest BCUT2D eigenvalue weighted by atomic mass is 10.1. The van der Waals surface area contributed by atoms with Crippen molar-refractivity contribution in [2.24, 2.45) is 0 Å². The van der Waals surface area contributed by atoms with Crippen molar-refractivity contribution in [2.45, 2.75) is 38.8 Å². The molecule has 0 radical (unpaired) electrons. The molecular weight excluding hydrogens is 712 g/mol. The number of nitrogens with one attached hydrogen (secondary N) is 1. The zero-order valence-electron chi connectivity index (χ0n) is 25.8. The number of hydrogen-bond donors (Lipinski definition) is 2. The number of para-hydroxylation sites is 2. The van der Waals surface area contributed by atoms with E-state index < -0.39 is 31.7 Å². The minimum atomic E-state index is -4.82.